The van der Waals surface area contributed by atoms with E-state index in [1.165, 1.54) is 12.1 Å². The van der Waals surface area contributed by atoms with E-state index in [9.17, 15) is 13.2 Å². The van der Waals surface area contributed by atoms with Crippen LogP contribution in [0.3, 0.4) is 0 Å². The molecule has 0 heterocycles. The van der Waals surface area contributed by atoms with Crippen LogP contribution in [0.4, 0.5) is 0 Å². The van der Waals surface area contributed by atoms with Crippen LogP contribution in [0.15, 0.2) is 21.5 Å². The van der Waals surface area contributed by atoms with Gasteiger partial charge in [-0.05, 0) is 38.5 Å². The first-order valence-electron chi connectivity index (χ1n) is 6.16. The van der Waals surface area contributed by atoms with Gasteiger partial charge >= 0.3 is 5.97 Å². The van der Waals surface area contributed by atoms with Gasteiger partial charge in [0.05, 0.1) is 23.2 Å². The quantitative estimate of drug-likeness (QED) is 0.417. The Morgan fingerprint density at radius 3 is 2.48 bits per heavy atom. The Morgan fingerprint density at radius 2 is 1.95 bits per heavy atom. The normalized spacial score (nSPS) is 11.7. The van der Waals surface area contributed by atoms with Gasteiger partial charge in [-0.25, -0.2) is 13.2 Å². The van der Waals surface area contributed by atoms with E-state index in [1.54, 1.807) is 6.92 Å². The average molecular weight is 400 g/mol. The van der Waals surface area contributed by atoms with Gasteiger partial charge in [-0.1, -0.05) is 15.9 Å². The second kappa shape index (κ2) is 7.58. The first kappa shape index (κ1) is 18.4. The lowest BCUT2D eigenvalue weighted by molar-refractivity contribution is 0.0176. The number of carbonyl (C=O) groups excluding carboxylic acids is 1. The van der Waals surface area contributed by atoms with Crippen LogP contribution >= 0.6 is 26.6 Å². The Kier molecular flexibility index (Phi) is 6.65. The first-order valence-corrected chi connectivity index (χ1v) is 9.26. The highest BCUT2D eigenvalue weighted by molar-refractivity contribution is 9.10. The zero-order chi connectivity index (χ0) is 16.2. The Hall–Kier alpha value is -0.630. The van der Waals surface area contributed by atoms with Gasteiger partial charge in [0.1, 0.15) is 6.61 Å². The highest BCUT2D eigenvalue weighted by atomic mass is 79.9. The van der Waals surface area contributed by atoms with Crippen molar-refractivity contribution in [2.24, 2.45) is 0 Å². The number of hydrogen-bond donors (Lipinski definition) is 0. The van der Waals surface area contributed by atoms with Crippen molar-refractivity contribution in [1.82, 2.24) is 0 Å². The van der Waals surface area contributed by atoms with Crippen molar-refractivity contribution in [1.29, 1.82) is 0 Å². The largest absolute Gasteiger partial charge is 0.460 e. The van der Waals surface area contributed by atoms with Gasteiger partial charge in [0.15, 0.2) is 0 Å². The maximum Gasteiger partial charge on any atom is 0.338 e. The number of ether oxygens (including phenoxy) is 2. The molecule has 1 aromatic rings. The topological polar surface area (TPSA) is 69.7 Å². The van der Waals surface area contributed by atoms with Crippen LogP contribution in [-0.4, -0.2) is 33.7 Å². The second-order valence-corrected chi connectivity index (χ2v) is 7.96. The molecule has 5 nitrogen and oxygen atoms in total. The van der Waals surface area contributed by atoms with Crippen LogP contribution in [0, 0.1) is 6.92 Å². The number of carbonyl (C=O) groups is 1. The smallest absolute Gasteiger partial charge is 0.338 e. The molecule has 1 rings (SSSR count). The van der Waals surface area contributed by atoms with Crippen LogP contribution in [0.5, 0.6) is 0 Å². The predicted octanol–water partition coefficient (Wildman–Crippen LogP) is 3.27. The van der Waals surface area contributed by atoms with Gasteiger partial charge in [0.25, 0.3) is 9.05 Å². The molecule has 8 heteroatoms. The molecule has 0 atom stereocenters. The molecule has 0 amide bonds. The molecule has 0 bridgehead atoms. The molecule has 0 unspecified atom stereocenters. The second-order valence-electron chi connectivity index (χ2n) is 4.57. The van der Waals surface area contributed by atoms with E-state index in [2.05, 4.69) is 15.9 Å². The molecule has 0 aliphatic rings. The van der Waals surface area contributed by atoms with E-state index in [0.717, 1.165) is 0 Å². The van der Waals surface area contributed by atoms with Crippen molar-refractivity contribution in [3.63, 3.8) is 0 Å². The fourth-order valence-corrected chi connectivity index (χ4v) is 3.34. The molecule has 0 saturated heterocycles. The van der Waals surface area contributed by atoms with E-state index >= 15 is 0 Å². The number of rotatable bonds is 6. The van der Waals surface area contributed by atoms with Gasteiger partial charge < -0.3 is 9.47 Å². The fraction of sp³-hybridized carbons (Fsp3) is 0.462. The van der Waals surface area contributed by atoms with E-state index in [-0.39, 0.29) is 29.8 Å². The Balaban J connectivity index is 2.89. The van der Waals surface area contributed by atoms with Crippen molar-refractivity contribution in [2.45, 2.75) is 31.8 Å². The minimum atomic E-state index is -3.94. The summed E-state index contributed by atoms with van der Waals surface area (Å²) < 4.78 is 33.7. The molecule has 21 heavy (non-hydrogen) atoms. The molecule has 0 aromatic heterocycles. The van der Waals surface area contributed by atoms with Gasteiger partial charge in [0.2, 0.25) is 0 Å². The molecular weight excluding hydrogens is 384 g/mol. The molecular formula is C13H16BrClO5S. The Bertz CT molecular complexity index is 628. The standard InChI is InChI=1S/C13H16BrClO5S/c1-8(2)19-4-5-20-13(16)10-6-11(14)9(3)12(7-10)21(15,17)18/h6-8H,4-5H2,1-3H3. The van der Waals surface area contributed by atoms with Crippen molar-refractivity contribution in [3.8, 4) is 0 Å². The zero-order valence-corrected chi connectivity index (χ0v) is 15.0. The summed E-state index contributed by atoms with van der Waals surface area (Å²) in [5.41, 5.74) is 0.543. The zero-order valence-electron chi connectivity index (χ0n) is 11.9. The fourth-order valence-electron chi connectivity index (χ4n) is 1.53. The molecule has 0 radical (unpaired) electrons. The van der Waals surface area contributed by atoms with Crippen molar-refractivity contribution in [3.05, 3.63) is 27.7 Å². The summed E-state index contributed by atoms with van der Waals surface area (Å²) in [6.45, 7) is 5.69. The minimum Gasteiger partial charge on any atom is -0.460 e. The van der Waals surface area contributed by atoms with E-state index in [0.29, 0.717) is 10.0 Å². The van der Waals surface area contributed by atoms with Gasteiger partial charge in [-0.15, -0.1) is 0 Å². The molecule has 0 spiro atoms. The lowest BCUT2D eigenvalue weighted by Crippen LogP contribution is -2.14. The predicted molar refractivity (Wildman–Crippen MR) is 83.3 cm³/mol. The maximum atomic E-state index is 11.9. The third-order valence-corrected chi connectivity index (χ3v) is 4.83. The molecule has 118 valence electrons. The van der Waals surface area contributed by atoms with Crippen LogP contribution in [0.25, 0.3) is 0 Å². The maximum absolute atomic E-state index is 11.9. The summed E-state index contributed by atoms with van der Waals surface area (Å²) in [4.78, 5) is 11.8. The summed E-state index contributed by atoms with van der Waals surface area (Å²) >= 11 is 3.20. The number of esters is 1. The van der Waals surface area contributed by atoms with Crippen molar-refractivity contribution >= 4 is 41.6 Å². The molecule has 1 aromatic carbocycles. The SMILES string of the molecule is Cc1c(Br)cc(C(=O)OCCOC(C)C)cc1S(=O)(=O)Cl. The first-order chi connectivity index (χ1) is 9.62. The number of halogens is 2. The van der Waals surface area contributed by atoms with Crippen LogP contribution in [0.1, 0.15) is 29.8 Å². The average Bonchev–Trinajstić information content (AvgIpc) is 2.35. The molecule has 0 N–H and O–H groups in total. The van der Waals surface area contributed by atoms with Gasteiger partial charge in [0, 0.05) is 15.2 Å². The lowest BCUT2D eigenvalue weighted by Gasteiger charge is -2.10. The highest BCUT2D eigenvalue weighted by Crippen LogP contribution is 2.28. The van der Waals surface area contributed by atoms with Gasteiger partial charge in [-0.2, -0.15) is 0 Å². The third kappa shape index (κ3) is 5.58. The molecule has 0 aliphatic carbocycles. The van der Waals surface area contributed by atoms with Crippen LogP contribution in [-0.2, 0) is 18.5 Å². The lowest BCUT2D eigenvalue weighted by atomic mass is 10.1. The number of benzene rings is 1. The van der Waals surface area contributed by atoms with Crippen LogP contribution < -0.4 is 0 Å². The van der Waals surface area contributed by atoms with Crippen molar-refractivity contribution in [2.75, 3.05) is 13.2 Å². The Morgan fingerprint density at radius 1 is 1.33 bits per heavy atom. The summed E-state index contributed by atoms with van der Waals surface area (Å²) in [7, 11) is 1.41. The molecule has 0 saturated carbocycles. The summed E-state index contributed by atoms with van der Waals surface area (Å²) in [5, 5.41) is 0. The van der Waals surface area contributed by atoms with E-state index in [1.807, 2.05) is 13.8 Å². The van der Waals surface area contributed by atoms with Crippen LogP contribution in [0.2, 0.25) is 0 Å². The monoisotopic (exact) mass is 398 g/mol. The summed E-state index contributed by atoms with van der Waals surface area (Å²) in [6.07, 6.45) is 0.0465. The molecule has 0 fully saturated rings. The van der Waals surface area contributed by atoms with E-state index in [4.69, 9.17) is 20.2 Å². The Labute approximate surface area is 137 Å². The minimum absolute atomic E-state index is 0.0465. The van der Waals surface area contributed by atoms with Gasteiger partial charge in [-0.3, -0.25) is 0 Å². The third-order valence-electron chi connectivity index (χ3n) is 2.56. The summed E-state index contributed by atoms with van der Waals surface area (Å²) in [5.74, 6) is -0.635. The molecule has 0 aliphatic heterocycles. The summed E-state index contributed by atoms with van der Waals surface area (Å²) in [6, 6.07) is 2.70. The van der Waals surface area contributed by atoms with Crippen molar-refractivity contribution < 1.29 is 22.7 Å². The number of hydrogen-bond acceptors (Lipinski definition) is 5. The highest BCUT2D eigenvalue weighted by Gasteiger charge is 2.19. The van der Waals surface area contributed by atoms with E-state index < -0.39 is 15.0 Å².